The van der Waals surface area contributed by atoms with E-state index in [0.717, 1.165) is 36.0 Å². The van der Waals surface area contributed by atoms with Gasteiger partial charge in [-0.15, -0.1) is 0 Å². The Morgan fingerprint density at radius 2 is 1.85 bits per heavy atom. The summed E-state index contributed by atoms with van der Waals surface area (Å²) in [6.07, 6.45) is 0.774. The topological polar surface area (TPSA) is 54.9 Å². The molecule has 0 bridgehead atoms. The van der Waals surface area contributed by atoms with Gasteiger partial charge in [0, 0.05) is 13.1 Å². The van der Waals surface area contributed by atoms with E-state index in [-0.39, 0.29) is 6.04 Å². The number of nitrogens with zero attached hydrogens (tertiary/aromatic N) is 1. The molecule has 5 heteroatoms. The number of nitrogens with one attached hydrogen (secondary N) is 2. The van der Waals surface area contributed by atoms with E-state index < -0.39 is 0 Å². The average Bonchev–Trinajstić information content (AvgIpc) is 2.68. The lowest BCUT2D eigenvalue weighted by atomic mass is 10.1. The van der Waals surface area contributed by atoms with Gasteiger partial charge in [-0.3, -0.25) is 4.99 Å². The normalized spacial score (nSPS) is 12.4. The molecule has 5 nitrogen and oxygen atoms in total. The molecular weight excluding hydrogens is 326 g/mol. The summed E-state index contributed by atoms with van der Waals surface area (Å²) in [6.45, 7) is 5.67. The van der Waals surface area contributed by atoms with E-state index >= 15 is 0 Å². The highest BCUT2D eigenvalue weighted by Crippen LogP contribution is 2.24. The molecule has 0 saturated carbocycles. The van der Waals surface area contributed by atoms with E-state index in [1.54, 1.807) is 14.2 Å². The Morgan fingerprint density at radius 3 is 2.50 bits per heavy atom. The molecule has 0 aliphatic carbocycles. The largest absolute Gasteiger partial charge is 0.497 e. The number of guanidine groups is 1. The van der Waals surface area contributed by atoms with Gasteiger partial charge in [-0.1, -0.05) is 30.3 Å². The van der Waals surface area contributed by atoms with Crippen LogP contribution in [0.2, 0.25) is 0 Å². The van der Waals surface area contributed by atoms with Gasteiger partial charge in [0.25, 0.3) is 0 Å². The molecule has 0 fully saturated rings. The van der Waals surface area contributed by atoms with E-state index in [1.807, 2.05) is 36.4 Å². The van der Waals surface area contributed by atoms with Crippen molar-refractivity contribution < 1.29 is 9.47 Å². The maximum atomic E-state index is 5.44. The molecule has 0 radical (unpaired) electrons. The second-order valence-corrected chi connectivity index (χ2v) is 5.97. The maximum absolute atomic E-state index is 5.44. The zero-order valence-corrected chi connectivity index (χ0v) is 16.1. The Balaban J connectivity index is 2.03. The molecule has 0 spiro atoms. The van der Waals surface area contributed by atoms with E-state index in [9.17, 15) is 0 Å². The van der Waals surface area contributed by atoms with Gasteiger partial charge in [-0.05, 0) is 49.6 Å². The van der Waals surface area contributed by atoms with Crippen LogP contribution in [0.15, 0.2) is 53.5 Å². The standard InChI is InChI=1S/C21H29N3O2/c1-5-22-21(24-16(2)17-9-7-6-8-10-17)23-14-13-18-15-19(25-3)11-12-20(18)26-4/h6-12,15-16H,5,13-14H2,1-4H3,(H2,22,23,24). The van der Waals surface area contributed by atoms with E-state index in [1.165, 1.54) is 5.56 Å². The van der Waals surface area contributed by atoms with Crippen molar-refractivity contribution in [2.24, 2.45) is 4.99 Å². The Morgan fingerprint density at radius 1 is 1.08 bits per heavy atom. The first kappa shape index (κ1) is 19.6. The Labute approximate surface area is 156 Å². The summed E-state index contributed by atoms with van der Waals surface area (Å²) in [5, 5.41) is 6.76. The number of ether oxygens (including phenoxy) is 2. The molecule has 2 N–H and O–H groups in total. The van der Waals surface area contributed by atoms with Gasteiger partial charge in [0.1, 0.15) is 11.5 Å². The molecule has 2 aromatic rings. The molecule has 0 aromatic heterocycles. The molecule has 26 heavy (non-hydrogen) atoms. The summed E-state index contributed by atoms with van der Waals surface area (Å²) >= 11 is 0. The Bertz CT molecular complexity index is 702. The lowest BCUT2D eigenvalue weighted by molar-refractivity contribution is 0.399. The minimum absolute atomic E-state index is 0.181. The summed E-state index contributed by atoms with van der Waals surface area (Å²) in [6, 6.07) is 16.4. The summed E-state index contributed by atoms with van der Waals surface area (Å²) < 4.78 is 10.7. The number of rotatable bonds is 8. The first-order valence-electron chi connectivity index (χ1n) is 8.98. The minimum atomic E-state index is 0.181. The highest BCUT2D eigenvalue weighted by molar-refractivity contribution is 5.80. The van der Waals surface area contributed by atoms with Crippen LogP contribution in [0, 0.1) is 0 Å². The van der Waals surface area contributed by atoms with Crippen LogP contribution in [0.25, 0.3) is 0 Å². The van der Waals surface area contributed by atoms with Crippen LogP contribution in [-0.2, 0) is 6.42 Å². The molecule has 2 rings (SSSR count). The van der Waals surface area contributed by atoms with E-state index in [4.69, 9.17) is 14.5 Å². The fourth-order valence-electron chi connectivity index (χ4n) is 2.72. The summed E-state index contributed by atoms with van der Waals surface area (Å²) in [7, 11) is 3.35. The number of hydrogen-bond acceptors (Lipinski definition) is 3. The molecular formula is C21H29N3O2. The average molecular weight is 355 g/mol. The van der Waals surface area contributed by atoms with Gasteiger partial charge in [0.05, 0.1) is 20.3 Å². The number of hydrogen-bond donors (Lipinski definition) is 2. The SMILES string of the molecule is CCNC(=NCCc1cc(OC)ccc1OC)NC(C)c1ccccc1. The van der Waals surface area contributed by atoms with Gasteiger partial charge >= 0.3 is 0 Å². The minimum Gasteiger partial charge on any atom is -0.497 e. The van der Waals surface area contributed by atoms with Crippen molar-refractivity contribution in [3.05, 3.63) is 59.7 Å². The van der Waals surface area contributed by atoms with Crippen molar-refractivity contribution in [1.82, 2.24) is 10.6 Å². The lowest BCUT2D eigenvalue weighted by Crippen LogP contribution is -2.38. The van der Waals surface area contributed by atoms with Crippen LogP contribution in [0.5, 0.6) is 11.5 Å². The monoisotopic (exact) mass is 355 g/mol. The molecule has 0 amide bonds. The fraction of sp³-hybridized carbons (Fsp3) is 0.381. The summed E-state index contributed by atoms with van der Waals surface area (Å²) in [4.78, 5) is 4.70. The molecule has 140 valence electrons. The van der Waals surface area contributed by atoms with Gasteiger partial charge in [-0.2, -0.15) is 0 Å². The van der Waals surface area contributed by atoms with Crippen molar-refractivity contribution in [3.63, 3.8) is 0 Å². The fourth-order valence-corrected chi connectivity index (χ4v) is 2.72. The van der Waals surface area contributed by atoms with Crippen molar-refractivity contribution in [1.29, 1.82) is 0 Å². The Hall–Kier alpha value is -2.69. The van der Waals surface area contributed by atoms with Gasteiger partial charge in [0.2, 0.25) is 0 Å². The van der Waals surface area contributed by atoms with Crippen LogP contribution in [0.3, 0.4) is 0 Å². The first-order valence-corrected chi connectivity index (χ1v) is 8.98. The van der Waals surface area contributed by atoms with Crippen LogP contribution in [0.4, 0.5) is 0 Å². The zero-order chi connectivity index (χ0) is 18.8. The third-order valence-electron chi connectivity index (χ3n) is 4.14. The van der Waals surface area contributed by atoms with Crippen molar-refractivity contribution in [2.45, 2.75) is 26.3 Å². The molecule has 0 aliphatic rings. The summed E-state index contributed by atoms with van der Waals surface area (Å²) in [5.74, 6) is 2.50. The number of benzene rings is 2. The number of methoxy groups -OCH3 is 2. The lowest BCUT2D eigenvalue weighted by Gasteiger charge is -2.18. The predicted octanol–water partition coefficient (Wildman–Crippen LogP) is 3.56. The highest BCUT2D eigenvalue weighted by atomic mass is 16.5. The van der Waals surface area contributed by atoms with Crippen molar-refractivity contribution in [3.8, 4) is 11.5 Å². The second-order valence-electron chi connectivity index (χ2n) is 5.97. The van der Waals surface area contributed by atoms with Gasteiger partial charge in [-0.25, -0.2) is 0 Å². The predicted molar refractivity (Wildman–Crippen MR) is 107 cm³/mol. The van der Waals surface area contributed by atoms with Crippen LogP contribution in [0.1, 0.15) is 31.0 Å². The third-order valence-corrected chi connectivity index (χ3v) is 4.14. The van der Waals surface area contributed by atoms with Crippen molar-refractivity contribution in [2.75, 3.05) is 27.3 Å². The molecule has 1 unspecified atom stereocenters. The maximum Gasteiger partial charge on any atom is 0.191 e. The van der Waals surface area contributed by atoms with Crippen LogP contribution < -0.4 is 20.1 Å². The Kier molecular flexibility index (Phi) is 7.80. The molecule has 2 aromatic carbocycles. The second kappa shape index (κ2) is 10.3. The van der Waals surface area contributed by atoms with Gasteiger partial charge < -0.3 is 20.1 Å². The summed E-state index contributed by atoms with van der Waals surface area (Å²) in [5.41, 5.74) is 2.31. The van der Waals surface area contributed by atoms with Gasteiger partial charge in [0.15, 0.2) is 5.96 Å². The first-order chi connectivity index (χ1) is 12.7. The smallest absolute Gasteiger partial charge is 0.191 e. The molecule has 0 saturated heterocycles. The van der Waals surface area contributed by atoms with Crippen LogP contribution in [-0.4, -0.2) is 33.3 Å². The molecule has 0 aliphatic heterocycles. The van der Waals surface area contributed by atoms with E-state index in [0.29, 0.717) is 6.54 Å². The van der Waals surface area contributed by atoms with Crippen LogP contribution >= 0.6 is 0 Å². The third kappa shape index (κ3) is 5.69. The number of aliphatic imine (C=N–C) groups is 1. The quantitative estimate of drug-likeness (QED) is 0.561. The molecule has 1 atom stereocenters. The highest BCUT2D eigenvalue weighted by Gasteiger charge is 2.08. The van der Waals surface area contributed by atoms with E-state index in [2.05, 4.69) is 36.6 Å². The zero-order valence-electron chi connectivity index (χ0n) is 16.1. The molecule has 0 heterocycles. The van der Waals surface area contributed by atoms with Crippen molar-refractivity contribution >= 4 is 5.96 Å².